The molecule has 5 nitrogen and oxygen atoms in total. The third kappa shape index (κ3) is 2.07. The molecule has 2 N–H and O–H groups in total. The van der Waals surface area contributed by atoms with Crippen LogP contribution in [0.3, 0.4) is 0 Å². The Labute approximate surface area is 40.1 Å². The molecular weight excluding hydrogens is 100 g/mol. The van der Waals surface area contributed by atoms with Crippen molar-refractivity contribution in [1.29, 1.82) is 0 Å². The van der Waals surface area contributed by atoms with E-state index in [4.69, 9.17) is 10.2 Å². The molecule has 0 rings (SSSR count). The van der Waals surface area contributed by atoms with Gasteiger partial charge in [-0.25, -0.2) is 5.01 Å². The highest BCUT2D eigenvalue weighted by Gasteiger charge is 1.91. The summed E-state index contributed by atoms with van der Waals surface area (Å²) in [6, 6.07) is 0. The van der Waals surface area contributed by atoms with Crippen LogP contribution in [-0.4, -0.2) is 28.7 Å². The van der Waals surface area contributed by atoms with Crippen LogP contribution >= 0.6 is 0 Å². The van der Waals surface area contributed by atoms with Gasteiger partial charge in [-0.3, -0.25) is 0 Å². The van der Waals surface area contributed by atoms with Crippen molar-refractivity contribution in [2.24, 2.45) is 5.29 Å². The minimum absolute atomic E-state index is 0.542. The molecule has 0 aromatic rings. The average molecular weight is 106 g/mol. The predicted molar refractivity (Wildman–Crippen MR) is 21.8 cm³/mol. The molecule has 0 aliphatic carbocycles. The van der Waals surface area contributed by atoms with Crippen molar-refractivity contribution in [3.8, 4) is 0 Å². The number of nitroso groups, excluding NO2 is 1. The van der Waals surface area contributed by atoms with Crippen LogP contribution in [0.2, 0.25) is 0 Å². The number of hydrogen-bond donors (Lipinski definition) is 2. The zero-order chi connectivity index (χ0) is 5.70. The van der Waals surface area contributed by atoms with Crippen molar-refractivity contribution in [3.05, 3.63) is 4.91 Å². The zero-order valence-corrected chi connectivity index (χ0v) is 3.61. The highest BCUT2D eigenvalue weighted by atomic mass is 16.4. The van der Waals surface area contributed by atoms with Gasteiger partial charge in [-0.05, 0) is 0 Å². The maximum Gasteiger partial charge on any atom is 0.137 e. The van der Waals surface area contributed by atoms with E-state index in [0.717, 1.165) is 0 Å². The van der Waals surface area contributed by atoms with Gasteiger partial charge in [0, 0.05) is 0 Å². The Kier molecular flexibility index (Phi) is 3.17. The second kappa shape index (κ2) is 3.51. The van der Waals surface area contributed by atoms with E-state index in [-0.39, 0.29) is 0 Å². The standard InChI is InChI=1S/C2H6N2O3/c5-1-4(2-6)3-7/h5-6H,1-2H2. The second-order valence-corrected chi connectivity index (χ2v) is 0.871. The fourth-order valence-corrected chi connectivity index (χ4v) is 0.0964. The minimum atomic E-state index is -0.542. The molecule has 0 spiro atoms. The maximum atomic E-state index is 9.32. The van der Waals surface area contributed by atoms with E-state index in [9.17, 15) is 4.91 Å². The van der Waals surface area contributed by atoms with Gasteiger partial charge in [0.2, 0.25) is 0 Å². The zero-order valence-electron chi connectivity index (χ0n) is 3.61. The topological polar surface area (TPSA) is 73.1 Å². The van der Waals surface area contributed by atoms with E-state index < -0.39 is 13.5 Å². The molecule has 0 aromatic heterocycles. The molecule has 0 bridgehead atoms. The van der Waals surface area contributed by atoms with Crippen molar-refractivity contribution < 1.29 is 10.2 Å². The van der Waals surface area contributed by atoms with Gasteiger partial charge < -0.3 is 10.2 Å². The second-order valence-electron chi connectivity index (χ2n) is 0.871. The molecule has 0 fully saturated rings. The molecule has 0 amide bonds. The number of hydrogen-bond acceptors (Lipinski definition) is 4. The summed E-state index contributed by atoms with van der Waals surface area (Å²) in [6.07, 6.45) is 0. The Morgan fingerprint density at radius 2 is 1.86 bits per heavy atom. The smallest absolute Gasteiger partial charge is 0.137 e. The number of aliphatic hydroxyl groups excluding tert-OH is 2. The molecule has 0 aliphatic heterocycles. The Hall–Kier alpha value is -0.680. The van der Waals surface area contributed by atoms with Gasteiger partial charge in [-0.15, -0.1) is 4.91 Å². The van der Waals surface area contributed by atoms with Crippen LogP contribution in [0.25, 0.3) is 0 Å². The minimum Gasteiger partial charge on any atom is -0.375 e. The Morgan fingerprint density at radius 1 is 1.43 bits per heavy atom. The van der Waals surface area contributed by atoms with Crippen molar-refractivity contribution in [3.63, 3.8) is 0 Å². The summed E-state index contributed by atoms with van der Waals surface area (Å²) in [5.41, 5.74) is 0. The van der Waals surface area contributed by atoms with Crippen LogP contribution in [-0.2, 0) is 0 Å². The molecule has 5 heteroatoms. The predicted octanol–water partition coefficient (Wildman–Crippen LogP) is -1.13. The lowest BCUT2D eigenvalue weighted by molar-refractivity contribution is 0.0302. The van der Waals surface area contributed by atoms with Gasteiger partial charge in [0.1, 0.15) is 13.5 Å². The maximum absolute atomic E-state index is 9.32. The quantitative estimate of drug-likeness (QED) is 0.271. The SMILES string of the molecule is O=NN(CO)CO. The van der Waals surface area contributed by atoms with Crippen LogP contribution in [0.15, 0.2) is 5.29 Å². The van der Waals surface area contributed by atoms with Crippen LogP contribution in [0, 0.1) is 4.91 Å². The first-order valence-electron chi connectivity index (χ1n) is 1.65. The van der Waals surface area contributed by atoms with E-state index >= 15 is 0 Å². The Bertz CT molecular complexity index is 52.9. The highest BCUT2D eigenvalue weighted by Crippen LogP contribution is 1.78. The monoisotopic (exact) mass is 106 g/mol. The van der Waals surface area contributed by atoms with E-state index in [0.29, 0.717) is 5.01 Å². The van der Waals surface area contributed by atoms with E-state index in [1.807, 2.05) is 0 Å². The lowest BCUT2D eigenvalue weighted by atomic mass is 11.0. The van der Waals surface area contributed by atoms with E-state index in [2.05, 4.69) is 5.29 Å². The fourth-order valence-electron chi connectivity index (χ4n) is 0.0964. The molecule has 0 heterocycles. The average Bonchev–Trinajstić information content (AvgIpc) is 1.72. The Balaban J connectivity index is 3.16. The van der Waals surface area contributed by atoms with Gasteiger partial charge >= 0.3 is 0 Å². The largest absolute Gasteiger partial charge is 0.375 e. The van der Waals surface area contributed by atoms with Crippen molar-refractivity contribution in [2.45, 2.75) is 0 Å². The summed E-state index contributed by atoms with van der Waals surface area (Å²) in [5.74, 6) is 0. The molecule has 0 saturated carbocycles. The lowest BCUT2D eigenvalue weighted by Crippen LogP contribution is -2.17. The normalized spacial score (nSPS) is 8.29. The van der Waals surface area contributed by atoms with Crippen LogP contribution in [0.5, 0.6) is 0 Å². The van der Waals surface area contributed by atoms with Gasteiger partial charge in [0.15, 0.2) is 0 Å². The molecule has 0 saturated heterocycles. The third-order valence-corrected chi connectivity index (χ3v) is 0.442. The first-order valence-corrected chi connectivity index (χ1v) is 1.65. The molecular formula is C2H6N2O3. The molecule has 0 atom stereocenters. The van der Waals surface area contributed by atoms with Gasteiger partial charge in [0.25, 0.3) is 0 Å². The van der Waals surface area contributed by atoms with Crippen LogP contribution in [0.1, 0.15) is 0 Å². The molecule has 0 aromatic carbocycles. The van der Waals surface area contributed by atoms with Gasteiger partial charge in [-0.2, -0.15) is 0 Å². The van der Waals surface area contributed by atoms with E-state index in [1.54, 1.807) is 0 Å². The van der Waals surface area contributed by atoms with Crippen LogP contribution < -0.4 is 0 Å². The molecule has 0 radical (unpaired) electrons. The van der Waals surface area contributed by atoms with Crippen LogP contribution in [0.4, 0.5) is 0 Å². The fraction of sp³-hybridized carbons (Fsp3) is 1.00. The molecule has 7 heavy (non-hydrogen) atoms. The van der Waals surface area contributed by atoms with Crippen molar-refractivity contribution in [2.75, 3.05) is 13.5 Å². The summed E-state index contributed by atoms with van der Waals surface area (Å²) in [4.78, 5) is 9.32. The van der Waals surface area contributed by atoms with Crippen molar-refractivity contribution in [1.82, 2.24) is 5.01 Å². The summed E-state index contributed by atoms with van der Waals surface area (Å²) in [6.45, 7) is -1.08. The summed E-state index contributed by atoms with van der Waals surface area (Å²) < 4.78 is 0. The highest BCUT2D eigenvalue weighted by molar-refractivity contribution is 4.27. The van der Waals surface area contributed by atoms with Gasteiger partial charge in [0.05, 0.1) is 5.29 Å². The molecule has 42 valence electrons. The number of rotatable bonds is 3. The first-order chi connectivity index (χ1) is 3.35. The summed E-state index contributed by atoms with van der Waals surface area (Å²) in [7, 11) is 0. The summed E-state index contributed by atoms with van der Waals surface area (Å²) >= 11 is 0. The molecule has 0 unspecified atom stereocenters. The lowest BCUT2D eigenvalue weighted by Gasteiger charge is -2.03. The summed E-state index contributed by atoms with van der Waals surface area (Å²) in [5, 5.41) is 18.8. The Morgan fingerprint density at radius 3 is 1.86 bits per heavy atom. The van der Waals surface area contributed by atoms with Gasteiger partial charge in [-0.1, -0.05) is 0 Å². The van der Waals surface area contributed by atoms with Crippen molar-refractivity contribution >= 4 is 0 Å². The first kappa shape index (κ1) is 6.32. The third-order valence-electron chi connectivity index (χ3n) is 0.442. The van der Waals surface area contributed by atoms with E-state index in [1.165, 1.54) is 0 Å². The number of nitrogens with zero attached hydrogens (tertiary/aromatic N) is 2. The number of aliphatic hydroxyl groups is 2. The molecule has 0 aliphatic rings.